The second-order valence-corrected chi connectivity index (χ2v) is 11.1. The van der Waals surface area contributed by atoms with Gasteiger partial charge in [0, 0.05) is 25.1 Å². The minimum absolute atomic E-state index is 0.0415. The van der Waals surface area contributed by atoms with Crippen molar-refractivity contribution in [1.29, 1.82) is 0 Å². The molecule has 1 atom stereocenters. The van der Waals surface area contributed by atoms with E-state index in [9.17, 15) is 30.0 Å². The highest BCUT2D eigenvalue weighted by molar-refractivity contribution is 7.99. The maximum atomic E-state index is 12.6. The number of likely N-dealkylation sites (N-methyl/N-ethyl adjacent to an activating group) is 1. The van der Waals surface area contributed by atoms with Crippen molar-refractivity contribution in [2.75, 3.05) is 24.8 Å². The van der Waals surface area contributed by atoms with E-state index in [4.69, 9.17) is 11.6 Å². The van der Waals surface area contributed by atoms with E-state index in [1.807, 2.05) is 0 Å². The Hall–Kier alpha value is -0.490. The Kier molecular flexibility index (Phi) is 5.76. The lowest BCUT2D eigenvalue weighted by atomic mass is 10.1. The van der Waals surface area contributed by atoms with Crippen molar-refractivity contribution in [3.8, 4) is 0 Å². The molecular formula is C13H15ClF3NO4S3. The number of halogens is 4. The SMILES string of the molecule is CN1C(CSCC(F)(F)F)Cc2cc(Cl)c(S(C)(=O)=O)cc2S1(=O)=O. The van der Waals surface area contributed by atoms with Crippen molar-refractivity contribution in [1.82, 2.24) is 4.31 Å². The maximum absolute atomic E-state index is 12.6. The fraction of sp³-hybridized carbons (Fsp3) is 0.538. The first-order valence-electron chi connectivity index (χ1n) is 6.88. The largest absolute Gasteiger partial charge is 0.397 e. The average Bonchev–Trinajstić information content (AvgIpc) is 2.41. The fourth-order valence-electron chi connectivity index (χ4n) is 2.47. The minimum Gasteiger partial charge on any atom is -0.224 e. The lowest BCUT2D eigenvalue weighted by Gasteiger charge is -2.33. The summed E-state index contributed by atoms with van der Waals surface area (Å²) in [6.45, 7) is 0. The van der Waals surface area contributed by atoms with Crippen LogP contribution < -0.4 is 0 Å². The van der Waals surface area contributed by atoms with Crippen molar-refractivity contribution >= 4 is 43.2 Å². The third kappa shape index (κ3) is 4.62. The van der Waals surface area contributed by atoms with E-state index in [0.717, 1.165) is 16.6 Å². The highest BCUT2D eigenvalue weighted by Gasteiger charge is 2.38. The van der Waals surface area contributed by atoms with Crippen molar-refractivity contribution in [3.05, 3.63) is 22.7 Å². The molecule has 0 saturated heterocycles. The number of sulfone groups is 1. The van der Waals surface area contributed by atoms with Gasteiger partial charge in [-0.1, -0.05) is 11.6 Å². The summed E-state index contributed by atoms with van der Waals surface area (Å²) < 4.78 is 86.5. The van der Waals surface area contributed by atoms with Gasteiger partial charge in [0.15, 0.2) is 9.84 Å². The average molecular weight is 438 g/mol. The van der Waals surface area contributed by atoms with Gasteiger partial charge < -0.3 is 0 Å². The number of benzene rings is 1. The van der Waals surface area contributed by atoms with Crippen LogP contribution in [-0.2, 0) is 26.3 Å². The molecule has 1 aromatic rings. The van der Waals surface area contributed by atoms with Crippen LogP contribution in [0.5, 0.6) is 0 Å². The van der Waals surface area contributed by atoms with Crippen LogP contribution in [0.4, 0.5) is 13.2 Å². The molecule has 142 valence electrons. The van der Waals surface area contributed by atoms with Gasteiger partial charge in [-0.05, 0) is 24.1 Å². The Balaban J connectivity index is 2.39. The van der Waals surface area contributed by atoms with Gasteiger partial charge in [0.05, 0.1) is 20.6 Å². The summed E-state index contributed by atoms with van der Waals surface area (Å²) in [6, 6.07) is 1.60. The summed E-state index contributed by atoms with van der Waals surface area (Å²) in [5.41, 5.74) is 0.299. The molecule has 0 N–H and O–H groups in total. The lowest BCUT2D eigenvalue weighted by molar-refractivity contribution is -0.105. The molecule has 0 spiro atoms. The smallest absolute Gasteiger partial charge is 0.224 e. The molecule has 0 amide bonds. The topological polar surface area (TPSA) is 71.5 Å². The van der Waals surface area contributed by atoms with Crippen LogP contribution in [0.1, 0.15) is 5.56 Å². The number of hydrogen-bond donors (Lipinski definition) is 0. The number of hydrogen-bond acceptors (Lipinski definition) is 5. The molecule has 1 aliphatic rings. The van der Waals surface area contributed by atoms with Gasteiger partial charge in [0.2, 0.25) is 10.0 Å². The number of alkyl halides is 3. The van der Waals surface area contributed by atoms with E-state index >= 15 is 0 Å². The van der Waals surface area contributed by atoms with Crippen molar-refractivity contribution in [2.45, 2.75) is 28.4 Å². The molecule has 1 unspecified atom stereocenters. The summed E-state index contributed by atoms with van der Waals surface area (Å²) >= 11 is 6.54. The van der Waals surface area contributed by atoms with Crippen molar-refractivity contribution in [2.24, 2.45) is 0 Å². The van der Waals surface area contributed by atoms with Crippen LogP contribution in [0.3, 0.4) is 0 Å². The van der Waals surface area contributed by atoms with Gasteiger partial charge in [-0.3, -0.25) is 0 Å². The quantitative estimate of drug-likeness (QED) is 0.724. The molecule has 0 aromatic heterocycles. The van der Waals surface area contributed by atoms with Gasteiger partial charge in [-0.25, -0.2) is 16.8 Å². The van der Waals surface area contributed by atoms with E-state index in [1.54, 1.807) is 0 Å². The second kappa shape index (κ2) is 6.91. The fourth-order valence-corrected chi connectivity index (χ4v) is 6.54. The highest BCUT2D eigenvalue weighted by atomic mass is 35.5. The molecule has 1 aromatic carbocycles. The van der Waals surface area contributed by atoms with Gasteiger partial charge in [-0.2, -0.15) is 29.2 Å². The summed E-state index contributed by atoms with van der Waals surface area (Å²) in [6.07, 6.45) is -3.27. The van der Waals surface area contributed by atoms with Crippen molar-refractivity contribution < 1.29 is 30.0 Å². The molecule has 1 aliphatic heterocycles. The first kappa shape index (κ1) is 20.8. The van der Waals surface area contributed by atoms with Gasteiger partial charge in [0.1, 0.15) is 0 Å². The summed E-state index contributed by atoms with van der Waals surface area (Å²) in [4.78, 5) is -0.480. The number of fused-ring (bicyclic) bond motifs is 1. The van der Waals surface area contributed by atoms with E-state index in [1.165, 1.54) is 13.1 Å². The van der Waals surface area contributed by atoms with E-state index in [0.29, 0.717) is 17.3 Å². The lowest BCUT2D eigenvalue weighted by Crippen LogP contribution is -2.44. The zero-order chi connectivity index (χ0) is 19.2. The molecule has 25 heavy (non-hydrogen) atoms. The third-order valence-corrected chi connectivity index (χ3v) is 8.42. The second-order valence-electron chi connectivity index (χ2n) is 5.67. The van der Waals surface area contributed by atoms with Gasteiger partial charge in [0.25, 0.3) is 0 Å². The predicted octanol–water partition coefficient (Wildman–Crippen LogP) is 2.58. The van der Waals surface area contributed by atoms with Crippen LogP contribution in [0, 0.1) is 0 Å². The molecule has 0 bridgehead atoms. The Morgan fingerprint density at radius 3 is 2.48 bits per heavy atom. The predicted molar refractivity (Wildman–Crippen MR) is 90.4 cm³/mol. The van der Waals surface area contributed by atoms with Crippen LogP contribution in [-0.4, -0.2) is 58.2 Å². The molecular weight excluding hydrogens is 423 g/mol. The Bertz CT molecular complexity index is 885. The van der Waals surface area contributed by atoms with E-state index in [2.05, 4.69) is 0 Å². The van der Waals surface area contributed by atoms with Gasteiger partial charge in [-0.15, -0.1) is 0 Å². The van der Waals surface area contributed by atoms with Gasteiger partial charge >= 0.3 is 6.18 Å². The summed E-state index contributed by atoms with van der Waals surface area (Å²) in [5, 5.41) is -0.109. The molecule has 0 fully saturated rings. The maximum Gasteiger partial charge on any atom is 0.397 e. The number of nitrogens with zero attached hydrogens (tertiary/aromatic N) is 1. The first-order valence-corrected chi connectivity index (χ1v) is 11.7. The minimum atomic E-state index is -4.33. The molecule has 5 nitrogen and oxygen atoms in total. The molecule has 12 heteroatoms. The number of thioether (sulfide) groups is 1. The molecule has 0 radical (unpaired) electrons. The monoisotopic (exact) mass is 437 g/mol. The first-order chi connectivity index (χ1) is 11.2. The third-order valence-electron chi connectivity index (χ3n) is 3.72. The Morgan fingerprint density at radius 1 is 1.36 bits per heavy atom. The molecule has 0 saturated carbocycles. The zero-order valence-electron chi connectivity index (χ0n) is 13.2. The summed E-state index contributed by atoms with van der Waals surface area (Å²) in [7, 11) is -6.47. The van der Waals surface area contributed by atoms with Crippen molar-refractivity contribution in [3.63, 3.8) is 0 Å². The van der Waals surface area contributed by atoms with Crippen LogP contribution in [0.25, 0.3) is 0 Å². The number of sulfonamides is 1. The van der Waals surface area contributed by atoms with Crippen LogP contribution in [0.2, 0.25) is 5.02 Å². The van der Waals surface area contributed by atoms with E-state index < -0.39 is 37.8 Å². The van der Waals surface area contributed by atoms with Crippen LogP contribution >= 0.6 is 23.4 Å². The highest BCUT2D eigenvalue weighted by Crippen LogP contribution is 2.36. The summed E-state index contributed by atoms with van der Waals surface area (Å²) in [5.74, 6) is -1.11. The molecule has 0 aliphatic carbocycles. The normalized spacial score (nSPS) is 21.1. The standard InChI is InChI=1S/C13H15ClF3NO4S3/c1-18-9(6-23-7-13(15,16)17)3-8-4-10(14)12(24(2,19)20)5-11(8)25(18,21)22/h4-5,9H,3,6-7H2,1-2H3. The molecule has 1 heterocycles. The Morgan fingerprint density at radius 2 is 1.96 bits per heavy atom. The van der Waals surface area contributed by atoms with Crippen LogP contribution in [0.15, 0.2) is 21.9 Å². The van der Waals surface area contributed by atoms with E-state index in [-0.39, 0.29) is 27.0 Å². The number of rotatable bonds is 4. The Labute approximate surface area is 153 Å². The molecule has 2 rings (SSSR count). The zero-order valence-corrected chi connectivity index (χ0v) is 16.4.